The summed E-state index contributed by atoms with van der Waals surface area (Å²) in [6.45, 7) is 3.48. The molecule has 2 heterocycles. The average molecular weight is 152 g/mol. The minimum absolute atomic E-state index is 0.549. The van der Waals surface area contributed by atoms with Gasteiger partial charge in [-0.05, 0) is 38.4 Å². The number of nitrogens with zero attached hydrogens (tertiary/aromatic N) is 1. The summed E-state index contributed by atoms with van der Waals surface area (Å²) in [6.07, 6.45) is 7.36. The van der Waals surface area contributed by atoms with E-state index in [1.165, 1.54) is 38.8 Å². The van der Waals surface area contributed by atoms with E-state index < -0.39 is 0 Å². The van der Waals surface area contributed by atoms with E-state index in [9.17, 15) is 0 Å². The van der Waals surface area contributed by atoms with Gasteiger partial charge < -0.3 is 5.32 Å². The highest BCUT2D eigenvalue weighted by Gasteiger charge is 2.32. The van der Waals surface area contributed by atoms with Gasteiger partial charge in [-0.25, -0.2) is 0 Å². The van der Waals surface area contributed by atoms with Crippen molar-refractivity contribution in [2.24, 2.45) is 10.4 Å². The Kier molecular flexibility index (Phi) is 1.95. The van der Waals surface area contributed by atoms with E-state index in [-0.39, 0.29) is 0 Å². The van der Waals surface area contributed by atoms with Gasteiger partial charge in [-0.1, -0.05) is 0 Å². The molecule has 11 heavy (non-hydrogen) atoms. The van der Waals surface area contributed by atoms with Crippen molar-refractivity contribution in [1.82, 2.24) is 5.32 Å². The molecule has 2 aliphatic rings. The highest BCUT2D eigenvalue weighted by atomic mass is 14.9. The van der Waals surface area contributed by atoms with Gasteiger partial charge in [0.1, 0.15) is 0 Å². The van der Waals surface area contributed by atoms with Crippen molar-refractivity contribution in [3.8, 4) is 0 Å². The summed E-state index contributed by atoms with van der Waals surface area (Å²) in [5, 5.41) is 3.47. The molecule has 0 aromatic carbocycles. The third-order valence-corrected chi connectivity index (χ3v) is 2.92. The molecule has 1 spiro atoms. The van der Waals surface area contributed by atoms with E-state index in [1.807, 2.05) is 0 Å². The van der Waals surface area contributed by atoms with Crippen LogP contribution in [-0.2, 0) is 0 Å². The minimum atomic E-state index is 0.549. The maximum atomic E-state index is 4.39. The number of piperidine rings is 1. The predicted octanol–water partition coefficient (Wildman–Crippen LogP) is 1.22. The monoisotopic (exact) mass is 152 g/mol. The van der Waals surface area contributed by atoms with Gasteiger partial charge in [0.15, 0.2) is 0 Å². The Bertz CT molecular complexity index is 157. The van der Waals surface area contributed by atoms with E-state index in [1.54, 1.807) is 0 Å². The van der Waals surface area contributed by atoms with E-state index in [0.29, 0.717) is 5.41 Å². The fraction of sp³-hybridized carbons (Fsp3) is 0.889. The minimum Gasteiger partial charge on any atom is -0.316 e. The number of aliphatic imine (C=N–C) groups is 1. The Morgan fingerprint density at radius 3 is 3.00 bits per heavy atom. The third-order valence-electron chi connectivity index (χ3n) is 2.92. The molecular formula is C9H16N2. The molecular weight excluding hydrogens is 136 g/mol. The fourth-order valence-electron chi connectivity index (χ4n) is 2.18. The third kappa shape index (κ3) is 1.45. The van der Waals surface area contributed by atoms with E-state index in [2.05, 4.69) is 16.5 Å². The van der Waals surface area contributed by atoms with Gasteiger partial charge in [0.2, 0.25) is 0 Å². The van der Waals surface area contributed by atoms with E-state index in [0.717, 1.165) is 6.54 Å². The molecule has 2 nitrogen and oxygen atoms in total. The Balaban J connectivity index is 2.01. The Labute approximate surface area is 68.1 Å². The molecule has 1 saturated heterocycles. The number of hydrogen-bond donors (Lipinski definition) is 1. The zero-order valence-electron chi connectivity index (χ0n) is 6.97. The summed E-state index contributed by atoms with van der Waals surface area (Å²) in [4.78, 5) is 4.39. The Hall–Kier alpha value is -0.370. The van der Waals surface area contributed by atoms with Crippen molar-refractivity contribution in [2.45, 2.75) is 25.7 Å². The lowest BCUT2D eigenvalue weighted by Crippen LogP contribution is -2.43. The van der Waals surface area contributed by atoms with Crippen LogP contribution < -0.4 is 5.32 Å². The van der Waals surface area contributed by atoms with Crippen molar-refractivity contribution in [3.63, 3.8) is 0 Å². The van der Waals surface area contributed by atoms with Crippen LogP contribution in [-0.4, -0.2) is 25.8 Å². The van der Waals surface area contributed by atoms with Gasteiger partial charge in [0.25, 0.3) is 0 Å². The molecule has 1 unspecified atom stereocenters. The summed E-state index contributed by atoms with van der Waals surface area (Å²) >= 11 is 0. The zero-order chi connectivity index (χ0) is 7.57. The van der Waals surface area contributed by atoms with Crippen molar-refractivity contribution in [1.29, 1.82) is 0 Å². The molecule has 0 aromatic rings. The van der Waals surface area contributed by atoms with Gasteiger partial charge in [-0.2, -0.15) is 0 Å². The molecule has 0 aliphatic carbocycles. The van der Waals surface area contributed by atoms with Gasteiger partial charge in [-0.15, -0.1) is 0 Å². The number of nitrogens with one attached hydrogen (secondary N) is 1. The lowest BCUT2D eigenvalue weighted by Gasteiger charge is -2.37. The highest BCUT2D eigenvalue weighted by Crippen LogP contribution is 2.33. The number of hydrogen-bond acceptors (Lipinski definition) is 2. The Morgan fingerprint density at radius 2 is 2.36 bits per heavy atom. The lowest BCUT2D eigenvalue weighted by molar-refractivity contribution is 0.200. The van der Waals surface area contributed by atoms with E-state index >= 15 is 0 Å². The molecule has 1 N–H and O–H groups in total. The Morgan fingerprint density at radius 1 is 1.36 bits per heavy atom. The van der Waals surface area contributed by atoms with Crippen molar-refractivity contribution in [3.05, 3.63) is 0 Å². The topological polar surface area (TPSA) is 24.4 Å². The average Bonchev–Trinajstić information content (AvgIpc) is 2.07. The fourth-order valence-corrected chi connectivity index (χ4v) is 2.18. The van der Waals surface area contributed by atoms with Crippen LogP contribution >= 0.6 is 0 Å². The summed E-state index contributed by atoms with van der Waals surface area (Å²) < 4.78 is 0. The molecule has 0 saturated carbocycles. The van der Waals surface area contributed by atoms with Crippen LogP contribution in [0.4, 0.5) is 0 Å². The summed E-state index contributed by atoms with van der Waals surface area (Å²) in [5.74, 6) is 0. The van der Waals surface area contributed by atoms with Crippen LogP contribution in [0.25, 0.3) is 0 Å². The van der Waals surface area contributed by atoms with Gasteiger partial charge in [0.05, 0.1) is 0 Å². The molecule has 0 aromatic heterocycles. The van der Waals surface area contributed by atoms with Gasteiger partial charge in [-0.3, -0.25) is 4.99 Å². The van der Waals surface area contributed by atoms with Crippen molar-refractivity contribution < 1.29 is 0 Å². The second-order valence-corrected chi connectivity index (χ2v) is 3.84. The van der Waals surface area contributed by atoms with Crippen LogP contribution in [0.1, 0.15) is 25.7 Å². The van der Waals surface area contributed by atoms with Gasteiger partial charge >= 0.3 is 0 Å². The molecule has 2 aliphatic heterocycles. The molecule has 2 rings (SSSR count). The highest BCUT2D eigenvalue weighted by molar-refractivity contribution is 5.58. The summed E-state index contributed by atoms with van der Waals surface area (Å²) in [6, 6.07) is 0. The second-order valence-electron chi connectivity index (χ2n) is 3.84. The first kappa shape index (κ1) is 7.29. The van der Waals surface area contributed by atoms with E-state index in [4.69, 9.17) is 0 Å². The standard InChI is InChI=1S/C9H16N2/c1-3-9(7-10-5-1)4-2-6-11-8-9/h5,11H,1-4,6-8H2. The molecule has 2 heteroatoms. The summed E-state index contributed by atoms with van der Waals surface area (Å²) in [5.41, 5.74) is 0.549. The largest absolute Gasteiger partial charge is 0.316 e. The summed E-state index contributed by atoms with van der Waals surface area (Å²) in [7, 11) is 0. The smallest absolute Gasteiger partial charge is 0.0454 e. The first-order chi connectivity index (χ1) is 5.41. The SMILES string of the molecule is C1=NCC2(CC1)CCCNC2. The van der Waals surface area contributed by atoms with Crippen molar-refractivity contribution in [2.75, 3.05) is 19.6 Å². The first-order valence-corrected chi connectivity index (χ1v) is 4.60. The van der Waals surface area contributed by atoms with Crippen LogP contribution in [0.3, 0.4) is 0 Å². The molecule has 0 bridgehead atoms. The molecule has 0 amide bonds. The maximum Gasteiger partial charge on any atom is 0.0454 e. The van der Waals surface area contributed by atoms with Crippen LogP contribution in [0.2, 0.25) is 0 Å². The quantitative estimate of drug-likeness (QED) is 0.554. The maximum absolute atomic E-state index is 4.39. The molecule has 62 valence electrons. The second kappa shape index (κ2) is 2.94. The lowest BCUT2D eigenvalue weighted by atomic mass is 9.76. The predicted molar refractivity (Wildman–Crippen MR) is 47.1 cm³/mol. The molecule has 0 radical (unpaired) electrons. The normalized spacial score (nSPS) is 37.8. The first-order valence-electron chi connectivity index (χ1n) is 4.60. The van der Waals surface area contributed by atoms with Crippen molar-refractivity contribution >= 4 is 6.21 Å². The zero-order valence-corrected chi connectivity index (χ0v) is 6.97. The van der Waals surface area contributed by atoms with Crippen LogP contribution in [0.5, 0.6) is 0 Å². The van der Waals surface area contributed by atoms with Gasteiger partial charge in [0, 0.05) is 18.5 Å². The molecule has 1 fully saturated rings. The van der Waals surface area contributed by atoms with Crippen LogP contribution in [0, 0.1) is 5.41 Å². The number of rotatable bonds is 0. The molecule has 1 atom stereocenters. The van der Waals surface area contributed by atoms with Crippen LogP contribution in [0.15, 0.2) is 4.99 Å².